The number of hydrogen-bond donors (Lipinski definition) is 4. The minimum absolute atomic E-state index is 0.123. The normalized spacial score (nSPS) is 11.3. The molecule has 8 heteroatoms. The van der Waals surface area contributed by atoms with E-state index in [-0.39, 0.29) is 11.5 Å². The van der Waals surface area contributed by atoms with Crippen LogP contribution in [0.4, 0.5) is 11.6 Å². The second kappa shape index (κ2) is 8.70. The van der Waals surface area contributed by atoms with Crippen LogP contribution < -0.4 is 10.9 Å². The number of aromatic nitrogens is 2. The topological polar surface area (TPSA) is 115 Å². The summed E-state index contributed by atoms with van der Waals surface area (Å²) in [6, 6.07) is 21.1. The van der Waals surface area contributed by atoms with Gasteiger partial charge in [-0.3, -0.25) is 10.9 Å². The molecular formula is C22H18N6O2. The van der Waals surface area contributed by atoms with Crippen LogP contribution in [0.15, 0.2) is 83.0 Å². The standard InChI is InChI=1S/C22H18N6O2/c29-19-11-5-1-7-15(19)13-23-27-21-22(26-18-10-4-3-9-17(18)25-21)28-24-14-16-8-2-6-12-20(16)30/h1-14,29-30H,(H,25,27)(H,26,28)/b23-13+,24-14+. The van der Waals surface area contributed by atoms with Gasteiger partial charge in [-0.2, -0.15) is 10.2 Å². The summed E-state index contributed by atoms with van der Waals surface area (Å²) in [6.45, 7) is 0. The Morgan fingerprint density at radius 2 is 1.00 bits per heavy atom. The molecule has 0 spiro atoms. The molecular weight excluding hydrogens is 380 g/mol. The van der Waals surface area contributed by atoms with E-state index in [1.54, 1.807) is 48.5 Å². The number of hydrogen-bond acceptors (Lipinski definition) is 8. The molecule has 0 saturated carbocycles. The van der Waals surface area contributed by atoms with E-state index in [0.29, 0.717) is 33.8 Å². The van der Waals surface area contributed by atoms with Crippen molar-refractivity contribution in [1.29, 1.82) is 0 Å². The van der Waals surface area contributed by atoms with Crippen molar-refractivity contribution in [3.8, 4) is 11.5 Å². The van der Waals surface area contributed by atoms with Gasteiger partial charge in [0.05, 0.1) is 23.5 Å². The van der Waals surface area contributed by atoms with Crippen LogP contribution >= 0.6 is 0 Å². The lowest BCUT2D eigenvalue weighted by Crippen LogP contribution is -2.03. The Bertz CT molecular complexity index is 1140. The van der Waals surface area contributed by atoms with Gasteiger partial charge in [-0.1, -0.05) is 36.4 Å². The van der Waals surface area contributed by atoms with Crippen molar-refractivity contribution in [2.45, 2.75) is 0 Å². The van der Waals surface area contributed by atoms with Crippen molar-refractivity contribution in [3.63, 3.8) is 0 Å². The van der Waals surface area contributed by atoms with Gasteiger partial charge in [0.25, 0.3) is 0 Å². The molecule has 0 aliphatic heterocycles. The lowest BCUT2D eigenvalue weighted by molar-refractivity contribution is 0.474. The molecule has 0 bridgehead atoms. The molecule has 8 nitrogen and oxygen atoms in total. The van der Waals surface area contributed by atoms with E-state index in [9.17, 15) is 10.2 Å². The van der Waals surface area contributed by atoms with Gasteiger partial charge >= 0.3 is 0 Å². The minimum atomic E-state index is 0.123. The van der Waals surface area contributed by atoms with Crippen molar-refractivity contribution >= 4 is 35.1 Å². The Balaban J connectivity index is 1.60. The van der Waals surface area contributed by atoms with Crippen molar-refractivity contribution in [2.24, 2.45) is 10.2 Å². The number of rotatable bonds is 6. The van der Waals surface area contributed by atoms with Crippen LogP contribution in [0.5, 0.6) is 11.5 Å². The third-order valence-electron chi connectivity index (χ3n) is 4.19. The van der Waals surface area contributed by atoms with Gasteiger partial charge in [-0.25, -0.2) is 9.97 Å². The minimum Gasteiger partial charge on any atom is -0.507 e. The highest BCUT2D eigenvalue weighted by Crippen LogP contribution is 2.22. The average Bonchev–Trinajstić information content (AvgIpc) is 2.76. The van der Waals surface area contributed by atoms with Crippen LogP contribution in [0.1, 0.15) is 11.1 Å². The molecule has 0 aliphatic rings. The van der Waals surface area contributed by atoms with E-state index in [4.69, 9.17) is 0 Å². The van der Waals surface area contributed by atoms with E-state index >= 15 is 0 Å². The Morgan fingerprint density at radius 1 is 0.600 bits per heavy atom. The first-order valence-electron chi connectivity index (χ1n) is 9.11. The van der Waals surface area contributed by atoms with Gasteiger partial charge in [0.2, 0.25) is 0 Å². The van der Waals surface area contributed by atoms with Crippen molar-refractivity contribution in [1.82, 2.24) is 9.97 Å². The first-order chi connectivity index (χ1) is 14.7. The van der Waals surface area contributed by atoms with Crippen LogP contribution in [0.3, 0.4) is 0 Å². The van der Waals surface area contributed by atoms with Crippen molar-refractivity contribution < 1.29 is 10.2 Å². The van der Waals surface area contributed by atoms with E-state index in [1.807, 2.05) is 24.3 Å². The van der Waals surface area contributed by atoms with Crippen LogP contribution in [0.25, 0.3) is 11.0 Å². The molecule has 0 radical (unpaired) electrons. The summed E-state index contributed by atoms with van der Waals surface area (Å²) in [7, 11) is 0. The molecule has 1 heterocycles. The van der Waals surface area contributed by atoms with Gasteiger partial charge in [0.1, 0.15) is 11.5 Å². The monoisotopic (exact) mass is 398 g/mol. The molecule has 4 N–H and O–H groups in total. The van der Waals surface area contributed by atoms with Gasteiger partial charge in [0.15, 0.2) is 11.6 Å². The zero-order valence-corrected chi connectivity index (χ0v) is 15.8. The highest BCUT2D eigenvalue weighted by atomic mass is 16.3. The molecule has 0 unspecified atom stereocenters. The van der Waals surface area contributed by atoms with Crippen LogP contribution in [0, 0.1) is 0 Å². The van der Waals surface area contributed by atoms with Crippen molar-refractivity contribution in [2.75, 3.05) is 10.9 Å². The van der Waals surface area contributed by atoms with Crippen LogP contribution in [-0.2, 0) is 0 Å². The SMILES string of the molecule is Oc1ccccc1/C=N/Nc1nc2ccccc2nc1N/N=C/c1ccccc1O. The maximum Gasteiger partial charge on any atom is 0.192 e. The number of nitrogens with one attached hydrogen (secondary N) is 2. The zero-order chi connectivity index (χ0) is 20.8. The molecule has 0 saturated heterocycles. The largest absolute Gasteiger partial charge is 0.507 e. The summed E-state index contributed by atoms with van der Waals surface area (Å²) in [4.78, 5) is 9.07. The number of phenolic OH excluding ortho intramolecular Hbond substituents is 2. The van der Waals surface area contributed by atoms with Crippen LogP contribution in [-0.4, -0.2) is 32.6 Å². The fourth-order valence-electron chi connectivity index (χ4n) is 2.68. The maximum absolute atomic E-state index is 9.85. The van der Waals surface area contributed by atoms with Gasteiger partial charge < -0.3 is 10.2 Å². The van der Waals surface area contributed by atoms with E-state index in [2.05, 4.69) is 31.0 Å². The first kappa shape index (κ1) is 18.9. The Hall–Kier alpha value is -4.46. The summed E-state index contributed by atoms with van der Waals surface area (Å²) >= 11 is 0. The number of anilines is 2. The summed E-state index contributed by atoms with van der Waals surface area (Å²) in [5, 5.41) is 28.0. The van der Waals surface area contributed by atoms with Gasteiger partial charge in [-0.15, -0.1) is 0 Å². The Morgan fingerprint density at radius 3 is 1.43 bits per heavy atom. The molecule has 0 aliphatic carbocycles. The van der Waals surface area contributed by atoms with E-state index in [0.717, 1.165) is 0 Å². The number of phenols is 2. The predicted molar refractivity (Wildman–Crippen MR) is 118 cm³/mol. The lowest BCUT2D eigenvalue weighted by atomic mass is 10.2. The third kappa shape index (κ3) is 4.33. The maximum atomic E-state index is 9.85. The molecule has 0 amide bonds. The fraction of sp³-hybridized carbons (Fsp3) is 0. The molecule has 3 aromatic carbocycles. The number of nitrogens with zero attached hydrogens (tertiary/aromatic N) is 4. The fourth-order valence-corrected chi connectivity index (χ4v) is 2.68. The number of fused-ring (bicyclic) bond motifs is 1. The number of para-hydroxylation sites is 4. The van der Waals surface area contributed by atoms with Crippen molar-refractivity contribution in [3.05, 3.63) is 83.9 Å². The molecule has 1 aromatic heterocycles. The van der Waals surface area contributed by atoms with Gasteiger partial charge in [0, 0.05) is 11.1 Å². The molecule has 4 rings (SSSR count). The second-order valence-electron chi connectivity index (χ2n) is 6.27. The van der Waals surface area contributed by atoms with E-state index < -0.39 is 0 Å². The quantitative estimate of drug-likeness (QED) is 0.289. The summed E-state index contributed by atoms with van der Waals surface area (Å²) < 4.78 is 0. The number of aromatic hydroxyl groups is 2. The highest BCUT2D eigenvalue weighted by Gasteiger charge is 2.08. The summed E-state index contributed by atoms with van der Waals surface area (Å²) in [5.74, 6) is 0.959. The predicted octanol–water partition coefficient (Wildman–Crippen LogP) is 3.93. The first-order valence-corrected chi connectivity index (χ1v) is 9.11. The summed E-state index contributed by atoms with van der Waals surface area (Å²) in [6.07, 6.45) is 2.97. The molecule has 0 atom stereocenters. The van der Waals surface area contributed by atoms with Crippen LogP contribution in [0.2, 0.25) is 0 Å². The smallest absolute Gasteiger partial charge is 0.192 e. The molecule has 30 heavy (non-hydrogen) atoms. The highest BCUT2D eigenvalue weighted by molar-refractivity contribution is 5.86. The molecule has 148 valence electrons. The second-order valence-corrected chi connectivity index (χ2v) is 6.27. The Labute approximate surface area is 172 Å². The molecule has 4 aromatic rings. The van der Waals surface area contributed by atoms with Gasteiger partial charge in [-0.05, 0) is 36.4 Å². The average molecular weight is 398 g/mol. The Kier molecular flexibility index (Phi) is 5.47. The number of benzene rings is 3. The lowest BCUT2D eigenvalue weighted by Gasteiger charge is -2.08. The van der Waals surface area contributed by atoms with E-state index in [1.165, 1.54) is 12.4 Å². The molecule has 0 fully saturated rings. The zero-order valence-electron chi connectivity index (χ0n) is 15.8. The summed E-state index contributed by atoms with van der Waals surface area (Å²) in [5.41, 5.74) is 8.18. The third-order valence-corrected chi connectivity index (χ3v) is 4.19. The number of hydrazone groups is 2.